The molecule has 0 fully saturated rings. The van der Waals surface area contributed by atoms with Crippen LogP contribution in [0.2, 0.25) is 0 Å². The normalized spacial score (nSPS) is 11.4. The molecule has 12 aromatic rings. The summed E-state index contributed by atoms with van der Waals surface area (Å²) in [6.45, 7) is 0. The molecule has 2 heteroatoms. The topological polar surface area (TPSA) is 8.17 Å². The highest BCUT2D eigenvalue weighted by Gasteiger charge is 2.24. The Labute approximate surface area is 373 Å². The van der Waals surface area contributed by atoms with Crippen LogP contribution in [-0.4, -0.2) is 4.57 Å². The van der Waals surface area contributed by atoms with Gasteiger partial charge in [0.15, 0.2) is 0 Å². The number of rotatable bonds is 8. The lowest BCUT2D eigenvalue weighted by atomic mass is 9.91. The number of para-hydroxylation sites is 2. The van der Waals surface area contributed by atoms with Crippen LogP contribution in [0.5, 0.6) is 0 Å². The van der Waals surface area contributed by atoms with Crippen molar-refractivity contribution < 1.29 is 0 Å². The number of nitrogens with zero attached hydrogens (tertiary/aromatic N) is 2. The van der Waals surface area contributed by atoms with Crippen LogP contribution in [0.4, 0.5) is 17.1 Å². The second-order valence-corrected chi connectivity index (χ2v) is 16.4. The Morgan fingerprint density at radius 2 is 0.750 bits per heavy atom. The van der Waals surface area contributed by atoms with E-state index in [0.29, 0.717) is 0 Å². The number of hydrogen-bond donors (Lipinski definition) is 0. The molecule has 0 spiro atoms. The maximum atomic E-state index is 2.49. The second-order valence-electron chi connectivity index (χ2n) is 16.4. The molecule has 1 heterocycles. The van der Waals surface area contributed by atoms with Gasteiger partial charge in [0, 0.05) is 27.7 Å². The number of fused-ring (bicyclic) bond motifs is 6. The summed E-state index contributed by atoms with van der Waals surface area (Å²) in [5.74, 6) is 0. The molecule has 12 rings (SSSR count). The predicted molar refractivity (Wildman–Crippen MR) is 272 cm³/mol. The first-order valence-corrected chi connectivity index (χ1v) is 22.0. The monoisotopic (exact) mass is 814 g/mol. The molecule has 0 aliphatic carbocycles. The van der Waals surface area contributed by atoms with E-state index in [0.717, 1.165) is 39.4 Å². The van der Waals surface area contributed by atoms with Crippen molar-refractivity contribution >= 4 is 60.4 Å². The molecule has 64 heavy (non-hydrogen) atoms. The van der Waals surface area contributed by atoms with Gasteiger partial charge in [-0.15, -0.1) is 0 Å². The van der Waals surface area contributed by atoms with Crippen LogP contribution in [0.25, 0.3) is 93.5 Å². The third-order valence-corrected chi connectivity index (χ3v) is 12.8. The zero-order chi connectivity index (χ0) is 42.4. The molecule has 0 aliphatic heterocycles. The van der Waals surface area contributed by atoms with Gasteiger partial charge in [-0.3, -0.25) is 0 Å². The van der Waals surface area contributed by atoms with E-state index >= 15 is 0 Å². The van der Waals surface area contributed by atoms with Gasteiger partial charge in [0.2, 0.25) is 0 Å². The molecule has 0 atom stereocenters. The van der Waals surface area contributed by atoms with Crippen molar-refractivity contribution in [3.05, 3.63) is 255 Å². The SMILES string of the molecule is c1ccc(-c2ccc(-c3ccccc3N(c3ccc(-c4cccc5cccc(-c6ccccc6)c45)cc3)c3cccc4c3c3c5ccccc5ccc3n4-c3ccccc3)cc2)cc1. The van der Waals surface area contributed by atoms with E-state index in [-0.39, 0.29) is 0 Å². The van der Waals surface area contributed by atoms with E-state index in [2.05, 4.69) is 264 Å². The summed E-state index contributed by atoms with van der Waals surface area (Å²) in [5.41, 5.74) is 16.3. The van der Waals surface area contributed by atoms with Gasteiger partial charge in [0.05, 0.1) is 22.4 Å². The van der Waals surface area contributed by atoms with Crippen molar-refractivity contribution in [2.75, 3.05) is 4.90 Å². The molecule has 0 saturated carbocycles. The molecule has 2 nitrogen and oxygen atoms in total. The predicted octanol–water partition coefficient (Wildman–Crippen LogP) is 17.2. The summed E-state index contributed by atoms with van der Waals surface area (Å²) in [7, 11) is 0. The van der Waals surface area contributed by atoms with Crippen LogP contribution in [-0.2, 0) is 0 Å². The average Bonchev–Trinajstić information content (AvgIpc) is 3.73. The number of aromatic nitrogens is 1. The van der Waals surface area contributed by atoms with Gasteiger partial charge < -0.3 is 9.47 Å². The Morgan fingerprint density at radius 1 is 0.266 bits per heavy atom. The molecule has 0 radical (unpaired) electrons. The molecule has 0 aliphatic rings. The van der Waals surface area contributed by atoms with E-state index in [1.54, 1.807) is 0 Å². The van der Waals surface area contributed by atoms with Gasteiger partial charge in [-0.05, 0) is 109 Å². The minimum absolute atomic E-state index is 1.08. The van der Waals surface area contributed by atoms with E-state index in [4.69, 9.17) is 0 Å². The molecule has 0 amide bonds. The van der Waals surface area contributed by atoms with Gasteiger partial charge in [-0.2, -0.15) is 0 Å². The molecule has 0 saturated heterocycles. The van der Waals surface area contributed by atoms with Crippen LogP contribution in [0.15, 0.2) is 255 Å². The van der Waals surface area contributed by atoms with Crippen molar-refractivity contribution in [1.29, 1.82) is 0 Å². The van der Waals surface area contributed by atoms with Gasteiger partial charge in [0.25, 0.3) is 0 Å². The van der Waals surface area contributed by atoms with Gasteiger partial charge in [-0.25, -0.2) is 0 Å². The lowest BCUT2D eigenvalue weighted by Crippen LogP contribution is -2.11. The summed E-state index contributed by atoms with van der Waals surface area (Å²) < 4.78 is 2.43. The van der Waals surface area contributed by atoms with Crippen molar-refractivity contribution in [3.63, 3.8) is 0 Å². The minimum Gasteiger partial charge on any atom is -0.309 e. The van der Waals surface area contributed by atoms with E-state index < -0.39 is 0 Å². The molecule has 0 bridgehead atoms. The summed E-state index contributed by atoms with van der Waals surface area (Å²) >= 11 is 0. The fourth-order valence-electron chi connectivity index (χ4n) is 9.87. The standard InChI is InChI=1S/C62H42N2/c1-4-17-43(18-5-1)44-33-35-47(36-34-44)52-26-12-13-30-56(52)63(51-40-37-48(38-41-51)54-29-15-23-49-22-14-28-53(60(49)54)45-19-6-2-7-20-45)57-31-16-32-58-62(57)61-55-27-11-10-21-46(55)39-42-59(61)64(58)50-24-8-3-9-25-50/h1-42H. The fourth-order valence-corrected chi connectivity index (χ4v) is 9.87. The zero-order valence-electron chi connectivity index (χ0n) is 35.1. The minimum atomic E-state index is 1.08. The third-order valence-electron chi connectivity index (χ3n) is 12.8. The highest BCUT2D eigenvalue weighted by atomic mass is 15.2. The number of hydrogen-bond acceptors (Lipinski definition) is 1. The Bertz CT molecular complexity index is 3620. The van der Waals surface area contributed by atoms with E-state index in [9.17, 15) is 0 Å². The Kier molecular flexibility index (Phi) is 9.20. The molecule has 11 aromatic carbocycles. The van der Waals surface area contributed by atoms with Crippen molar-refractivity contribution in [3.8, 4) is 50.2 Å². The van der Waals surface area contributed by atoms with Crippen molar-refractivity contribution in [2.45, 2.75) is 0 Å². The highest BCUT2D eigenvalue weighted by Crippen LogP contribution is 2.48. The molecule has 300 valence electrons. The first-order valence-electron chi connectivity index (χ1n) is 22.0. The van der Waals surface area contributed by atoms with Crippen LogP contribution < -0.4 is 4.90 Å². The lowest BCUT2D eigenvalue weighted by Gasteiger charge is -2.29. The van der Waals surface area contributed by atoms with Crippen LogP contribution in [0.3, 0.4) is 0 Å². The third kappa shape index (κ3) is 6.35. The number of benzene rings is 11. The van der Waals surface area contributed by atoms with Gasteiger partial charge in [-0.1, -0.05) is 206 Å². The van der Waals surface area contributed by atoms with Crippen LogP contribution in [0, 0.1) is 0 Å². The van der Waals surface area contributed by atoms with Crippen LogP contribution in [0.1, 0.15) is 0 Å². The Balaban J connectivity index is 1.10. The quantitative estimate of drug-likeness (QED) is 0.148. The maximum Gasteiger partial charge on any atom is 0.0562 e. The maximum absolute atomic E-state index is 2.49. The first-order chi connectivity index (χ1) is 31.8. The molecule has 0 unspecified atom stereocenters. The van der Waals surface area contributed by atoms with Crippen LogP contribution >= 0.6 is 0 Å². The summed E-state index contributed by atoms with van der Waals surface area (Å²) in [6, 6.07) is 92.7. The van der Waals surface area contributed by atoms with Gasteiger partial charge >= 0.3 is 0 Å². The Morgan fingerprint density at radius 3 is 1.48 bits per heavy atom. The molecular formula is C62H42N2. The smallest absolute Gasteiger partial charge is 0.0562 e. The Hall–Kier alpha value is -8.46. The summed E-state index contributed by atoms with van der Waals surface area (Å²) in [5, 5.41) is 7.39. The van der Waals surface area contributed by atoms with Crippen molar-refractivity contribution in [1.82, 2.24) is 4.57 Å². The van der Waals surface area contributed by atoms with E-state index in [1.165, 1.54) is 71.2 Å². The molecule has 1 aromatic heterocycles. The fraction of sp³-hybridized carbons (Fsp3) is 0. The number of anilines is 3. The largest absolute Gasteiger partial charge is 0.309 e. The summed E-state index contributed by atoms with van der Waals surface area (Å²) in [6.07, 6.45) is 0. The highest BCUT2D eigenvalue weighted by molar-refractivity contribution is 6.25. The van der Waals surface area contributed by atoms with Crippen molar-refractivity contribution in [2.24, 2.45) is 0 Å². The molecule has 0 N–H and O–H groups in total. The molecular weight excluding hydrogens is 773 g/mol. The second kappa shape index (κ2) is 15.8. The van der Waals surface area contributed by atoms with Gasteiger partial charge in [0.1, 0.15) is 0 Å². The zero-order valence-corrected chi connectivity index (χ0v) is 35.1. The first kappa shape index (κ1) is 37.3. The average molecular weight is 815 g/mol. The summed E-state index contributed by atoms with van der Waals surface area (Å²) in [4.78, 5) is 2.49. The lowest BCUT2D eigenvalue weighted by molar-refractivity contribution is 1.18. The van der Waals surface area contributed by atoms with E-state index in [1.807, 2.05) is 0 Å².